The number of halogens is 2. The Labute approximate surface area is 176 Å². The van der Waals surface area contributed by atoms with Gasteiger partial charge < -0.3 is 4.98 Å². The number of hydrogen-bond acceptors (Lipinski definition) is 3. The molecule has 0 aliphatic carbocycles. The molecule has 0 fully saturated rings. The van der Waals surface area contributed by atoms with Gasteiger partial charge in [-0.25, -0.2) is 9.53 Å². The van der Waals surface area contributed by atoms with Gasteiger partial charge in [-0.3, -0.25) is 9.52 Å². The number of aryl methyl sites for hydroxylation is 1. The van der Waals surface area contributed by atoms with Crippen molar-refractivity contribution in [2.24, 2.45) is 5.14 Å². The number of hydrogen-bond donors (Lipinski definition) is 3. The van der Waals surface area contributed by atoms with Gasteiger partial charge in [-0.05, 0) is 48.4 Å². The summed E-state index contributed by atoms with van der Waals surface area (Å²) in [7, 11) is -3.86. The fourth-order valence-corrected chi connectivity index (χ4v) is 4.02. The Bertz CT molecular complexity index is 1170. The third-order valence-corrected chi connectivity index (χ3v) is 5.59. The molecule has 6 nitrogen and oxygen atoms in total. The van der Waals surface area contributed by atoms with E-state index in [-0.39, 0.29) is 23.1 Å². The third kappa shape index (κ3) is 4.92. The van der Waals surface area contributed by atoms with Crippen LogP contribution in [0.2, 0.25) is 0 Å². The van der Waals surface area contributed by atoms with Crippen LogP contribution in [0.5, 0.6) is 0 Å². The van der Waals surface area contributed by atoms with Crippen molar-refractivity contribution in [3.8, 4) is 0 Å². The Hall–Kier alpha value is -2.49. The molecule has 0 aliphatic rings. The molecule has 0 saturated heterocycles. The maximum atomic E-state index is 14.6. The topological polar surface area (TPSA) is 105 Å². The van der Waals surface area contributed by atoms with E-state index < -0.39 is 16.0 Å². The van der Waals surface area contributed by atoms with E-state index >= 15 is 0 Å². The van der Waals surface area contributed by atoms with Gasteiger partial charge in [0, 0.05) is 27.7 Å². The zero-order valence-electron chi connectivity index (χ0n) is 15.7. The van der Waals surface area contributed by atoms with Crippen LogP contribution in [0.25, 0.3) is 0 Å². The maximum absolute atomic E-state index is 14.6. The number of aromatic nitrogens is 1. The number of ketones is 1. The van der Waals surface area contributed by atoms with Crippen molar-refractivity contribution in [3.05, 3.63) is 86.9 Å². The molecule has 0 radical (unpaired) electrons. The first-order valence-corrected chi connectivity index (χ1v) is 11.0. The molecule has 1 atom stereocenters. The summed E-state index contributed by atoms with van der Waals surface area (Å²) in [6, 6.07) is 12.9. The lowest BCUT2D eigenvalue weighted by atomic mass is 9.97. The summed E-state index contributed by atoms with van der Waals surface area (Å²) in [5, 5.41) is 4.95. The number of carbonyl (C=O) groups excluding carboxylic acids is 1. The number of nitrogens with two attached hydrogens (primary N) is 1. The Kier molecular flexibility index (Phi) is 5.92. The van der Waals surface area contributed by atoms with Crippen LogP contribution in [0.15, 0.2) is 53.0 Å². The second-order valence-corrected chi connectivity index (χ2v) is 8.93. The van der Waals surface area contributed by atoms with E-state index in [9.17, 15) is 17.6 Å². The quantitative estimate of drug-likeness (QED) is 0.460. The minimum atomic E-state index is -3.86. The van der Waals surface area contributed by atoms with Crippen LogP contribution in [-0.4, -0.2) is 19.2 Å². The molecule has 29 heavy (non-hydrogen) atoms. The average molecular weight is 480 g/mol. The molecule has 152 valence electrons. The molecule has 1 heterocycles. The van der Waals surface area contributed by atoms with E-state index in [1.54, 1.807) is 31.2 Å². The molecule has 0 amide bonds. The molecule has 3 rings (SSSR count). The molecule has 0 bridgehead atoms. The first-order valence-electron chi connectivity index (χ1n) is 8.65. The predicted molar refractivity (Wildman–Crippen MR) is 114 cm³/mol. The molecule has 2 aromatic carbocycles. The molecule has 9 heteroatoms. The molecule has 1 aromatic heterocycles. The van der Waals surface area contributed by atoms with Gasteiger partial charge in [0.2, 0.25) is 5.78 Å². The fraction of sp³-hybridized carbons (Fsp3) is 0.150. The minimum Gasteiger partial charge on any atom is -0.353 e. The number of nitrogens with one attached hydrogen (secondary N) is 2. The van der Waals surface area contributed by atoms with Gasteiger partial charge in [-0.2, -0.15) is 8.42 Å². The van der Waals surface area contributed by atoms with Crippen molar-refractivity contribution >= 4 is 37.6 Å². The van der Waals surface area contributed by atoms with Crippen molar-refractivity contribution in [1.29, 1.82) is 0 Å². The Morgan fingerprint density at radius 1 is 1.17 bits per heavy atom. The molecule has 4 N–H and O–H groups in total. The zero-order valence-corrected chi connectivity index (χ0v) is 18.1. The lowest BCUT2D eigenvalue weighted by molar-refractivity contribution is 0.103. The van der Waals surface area contributed by atoms with Crippen LogP contribution < -0.4 is 9.86 Å². The first-order chi connectivity index (χ1) is 13.5. The molecule has 3 aromatic rings. The highest BCUT2D eigenvalue weighted by Gasteiger charge is 2.21. The molecular weight excluding hydrogens is 461 g/mol. The largest absolute Gasteiger partial charge is 0.353 e. The van der Waals surface area contributed by atoms with E-state index in [1.807, 2.05) is 13.0 Å². The van der Waals surface area contributed by atoms with E-state index in [2.05, 4.69) is 25.6 Å². The molecule has 0 spiro atoms. The summed E-state index contributed by atoms with van der Waals surface area (Å²) in [4.78, 5) is 15.7. The van der Waals surface area contributed by atoms with Crippen LogP contribution in [0.4, 0.5) is 10.1 Å². The molecule has 0 aliphatic heterocycles. The number of benzene rings is 2. The van der Waals surface area contributed by atoms with Gasteiger partial charge in [0.15, 0.2) is 0 Å². The van der Waals surface area contributed by atoms with Crippen LogP contribution in [0.3, 0.4) is 0 Å². The number of H-pyrrole nitrogens is 1. The Morgan fingerprint density at radius 3 is 2.41 bits per heavy atom. The summed E-state index contributed by atoms with van der Waals surface area (Å²) < 4.78 is 39.8. The van der Waals surface area contributed by atoms with E-state index in [1.165, 1.54) is 18.2 Å². The van der Waals surface area contributed by atoms with E-state index in [0.29, 0.717) is 11.3 Å². The molecule has 0 saturated carbocycles. The summed E-state index contributed by atoms with van der Waals surface area (Å²) in [6.07, 6.45) is 0. The van der Waals surface area contributed by atoms with Crippen LogP contribution in [-0.2, 0) is 10.2 Å². The number of anilines is 1. The predicted octanol–water partition coefficient (Wildman–Crippen LogP) is 4.22. The number of aromatic amines is 1. The van der Waals surface area contributed by atoms with Crippen molar-refractivity contribution in [1.82, 2.24) is 4.98 Å². The Morgan fingerprint density at radius 2 is 1.83 bits per heavy atom. The molecular formula is C20H19BrFN3O3S. The monoisotopic (exact) mass is 479 g/mol. The standard InChI is InChI=1S/C20H19BrFN3O3S/c1-11-9-14(21)5-8-16(11)20(26)18-10-17(22)19(24-18)12(2)13-3-6-15(7-4-13)25-29(23,27)28/h3-10,12,24-25H,1-2H3,(H2,23,27,28). The van der Waals surface area contributed by atoms with Gasteiger partial charge in [0.25, 0.3) is 10.2 Å². The summed E-state index contributed by atoms with van der Waals surface area (Å²) in [6.45, 7) is 3.61. The third-order valence-electron chi connectivity index (χ3n) is 4.58. The van der Waals surface area contributed by atoms with Gasteiger partial charge in [-0.15, -0.1) is 0 Å². The SMILES string of the molecule is Cc1cc(Br)ccc1C(=O)c1cc(F)c(C(C)c2ccc(NS(N)(=O)=O)cc2)[nH]1. The van der Waals surface area contributed by atoms with Crippen molar-refractivity contribution in [2.45, 2.75) is 19.8 Å². The normalized spacial score (nSPS) is 12.6. The summed E-state index contributed by atoms with van der Waals surface area (Å²) in [5.41, 5.74) is 2.76. The van der Waals surface area contributed by atoms with Gasteiger partial charge in [0.1, 0.15) is 5.82 Å². The van der Waals surface area contributed by atoms with Crippen LogP contribution in [0, 0.1) is 12.7 Å². The lowest BCUT2D eigenvalue weighted by Crippen LogP contribution is -2.21. The van der Waals surface area contributed by atoms with Crippen molar-refractivity contribution in [3.63, 3.8) is 0 Å². The molecule has 1 unspecified atom stereocenters. The average Bonchev–Trinajstić information content (AvgIpc) is 3.02. The first kappa shape index (κ1) is 21.2. The van der Waals surface area contributed by atoms with E-state index in [0.717, 1.165) is 15.6 Å². The maximum Gasteiger partial charge on any atom is 0.296 e. The summed E-state index contributed by atoms with van der Waals surface area (Å²) >= 11 is 3.36. The zero-order chi connectivity index (χ0) is 21.3. The lowest BCUT2D eigenvalue weighted by Gasteiger charge is -2.12. The Balaban J connectivity index is 1.86. The highest BCUT2D eigenvalue weighted by atomic mass is 79.9. The minimum absolute atomic E-state index is 0.169. The van der Waals surface area contributed by atoms with Gasteiger partial charge in [0.05, 0.1) is 11.4 Å². The highest BCUT2D eigenvalue weighted by Crippen LogP contribution is 2.28. The highest BCUT2D eigenvalue weighted by molar-refractivity contribution is 9.10. The number of carbonyl (C=O) groups is 1. The van der Waals surface area contributed by atoms with Gasteiger partial charge in [-0.1, -0.05) is 35.0 Å². The fourth-order valence-electron chi connectivity index (χ4n) is 3.08. The second-order valence-electron chi connectivity index (χ2n) is 6.72. The number of rotatable bonds is 6. The van der Waals surface area contributed by atoms with Crippen molar-refractivity contribution < 1.29 is 17.6 Å². The van der Waals surface area contributed by atoms with Crippen LogP contribution in [0.1, 0.15) is 45.7 Å². The smallest absolute Gasteiger partial charge is 0.296 e. The van der Waals surface area contributed by atoms with Crippen LogP contribution >= 0.6 is 15.9 Å². The van der Waals surface area contributed by atoms with E-state index in [4.69, 9.17) is 5.14 Å². The second kappa shape index (κ2) is 8.10. The van der Waals surface area contributed by atoms with Gasteiger partial charge >= 0.3 is 0 Å². The van der Waals surface area contributed by atoms with Crippen molar-refractivity contribution in [2.75, 3.05) is 4.72 Å². The summed E-state index contributed by atoms with van der Waals surface area (Å²) in [5.74, 6) is -1.19.